The van der Waals surface area contributed by atoms with Crippen LogP contribution < -0.4 is 11.1 Å². The molecule has 2 aromatic rings. The molecule has 1 aromatic carbocycles. The van der Waals surface area contributed by atoms with Crippen molar-refractivity contribution in [3.8, 4) is 0 Å². The molecule has 0 spiro atoms. The van der Waals surface area contributed by atoms with E-state index in [1.165, 1.54) is 18.3 Å². The second-order valence-corrected chi connectivity index (χ2v) is 4.66. The van der Waals surface area contributed by atoms with Crippen LogP contribution in [0.15, 0.2) is 30.5 Å². The van der Waals surface area contributed by atoms with E-state index in [2.05, 4.69) is 15.3 Å². The second-order valence-electron chi connectivity index (χ2n) is 4.32. The van der Waals surface area contributed by atoms with E-state index in [0.717, 1.165) is 12.0 Å². The predicted octanol–water partition coefficient (Wildman–Crippen LogP) is 2.89. The second kappa shape index (κ2) is 5.84. The van der Waals surface area contributed by atoms with Crippen LogP contribution >= 0.6 is 11.6 Å². The number of nitrogen functional groups attached to an aromatic ring is 1. The average Bonchev–Trinajstić information content (AvgIpc) is 2.37. The minimum atomic E-state index is -0.240. The lowest BCUT2D eigenvalue weighted by Crippen LogP contribution is -2.20. The number of hydrogen-bond donors (Lipinski definition) is 2. The van der Waals surface area contributed by atoms with Gasteiger partial charge in [-0.2, -0.15) is 4.98 Å². The van der Waals surface area contributed by atoms with E-state index in [1.807, 2.05) is 6.92 Å². The number of hydrogen-bond acceptors (Lipinski definition) is 4. The van der Waals surface area contributed by atoms with Gasteiger partial charge in [-0.15, -0.1) is 0 Å². The molecule has 0 aliphatic carbocycles. The topological polar surface area (TPSA) is 63.8 Å². The molecule has 0 fully saturated rings. The Morgan fingerprint density at radius 1 is 1.37 bits per heavy atom. The van der Waals surface area contributed by atoms with Crippen LogP contribution in [0.1, 0.15) is 12.5 Å². The highest BCUT2D eigenvalue weighted by molar-refractivity contribution is 6.28. The van der Waals surface area contributed by atoms with Crippen molar-refractivity contribution in [2.45, 2.75) is 19.4 Å². The summed E-state index contributed by atoms with van der Waals surface area (Å²) < 4.78 is 12.8. The van der Waals surface area contributed by atoms with E-state index >= 15 is 0 Å². The van der Waals surface area contributed by atoms with Crippen molar-refractivity contribution in [2.75, 3.05) is 11.1 Å². The van der Waals surface area contributed by atoms with Gasteiger partial charge in [-0.1, -0.05) is 12.1 Å². The number of nitrogens with one attached hydrogen (secondary N) is 1. The molecule has 0 aliphatic rings. The maximum absolute atomic E-state index is 12.8. The normalized spacial score (nSPS) is 12.2. The van der Waals surface area contributed by atoms with Crippen LogP contribution in [0.4, 0.5) is 15.9 Å². The Morgan fingerprint density at radius 2 is 2.05 bits per heavy atom. The molecule has 2 rings (SSSR count). The minimum absolute atomic E-state index is 0.0822. The van der Waals surface area contributed by atoms with Gasteiger partial charge in [-0.05, 0) is 42.6 Å². The molecule has 1 heterocycles. The van der Waals surface area contributed by atoms with Gasteiger partial charge in [-0.25, -0.2) is 9.37 Å². The Morgan fingerprint density at radius 3 is 2.74 bits per heavy atom. The summed E-state index contributed by atoms with van der Waals surface area (Å²) in [7, 11) is 0. The molecule has 0 bridgehead atoms. The number of nitrogens with two attached hydrogens (primary N) is 1. The van der Waals surface area contributed by atoms with Gasteiger partial charge in [0.15, 0.2) is 5.82 Å². The molecule has 3 N–H and O–H groups in total. The van der Waals surface area contributed by atoms with Gasteiger partial charge in [-0.3, -0.25) is 0 Å². The van der Waals surface area contributed by atoms with E-state index in [-0.39, 0.29) is 17.1 Å². The van der Waals surface area contributed by atoms with Gasteiger partial charge in [0.2, 0.25) is 5.28 Å². The molecule has 1 unspecified atom stereocenters. The van der Waals surface area contributed by atoms with Crippen molar-refractivity contribution < 1.29 is 4.39 Å². The minimum Gasteiger partial charge on any atom is -0.394 e. The first-order valence-electron chi connectivity index (χ1n) is 5.83. The van der Waals surface area contributed by atoms with Gasteiger partial charge in [0.05, 0.1) is 11.9 Å². The van der Waals surface area contributed by atoms with E-state index in [4.69, 9.17) is 17.3 Å². The SMILES string of the molecule is CC(Cc1ccc(F)cc1)Nc1nc(Cl)ncc1N. The van der Waals surface area contributed by atoms with Crippen LogP contribution in [0, 0.1) is 5.82 Å². The largest absolute Gasteiger partial charge is 0.394 e. The number of rotatable bonds is 4. The molecule has 1 aromatic heterocycles. The Balaban J connectivity index is 2.02. The molecule has 0 saturated carbocycles. The van der Waals surface area contributed by atoms with E-state index in [0.29, 0.717) is 11.5 Å². The highest BCUT2D eigenvalue weighted by Gasteiger charge is 2.08. The maximum atomic E-state index is 12.8. The molecule has 0 aliphatic heterocycles. The first kappa shape index (κ1) is 13.5. The molecule has 19 heavy (non-hydrogen) atoms. The molecule has 0 amide bonds. The van der Waals surface area contributed by atoms with Crippen LogP contribution in [0.3, 0.4) is 0 Å². The fourth-order valence-corrected chi connectivity index (χ4v) is 1.88. The molecule has 0 saturated heterocycles. The fraction of sp³-hybridized carbons (Fsp3) is 0.231. The summed E-state index contributed by atoms with van der Waals surface area (Å²) in [6, 6.07) is 6.47. The average molecular weight is 281 g/mol. The van der Waals surface area contributed by atoms with E-state index < -0.39 is 0 Å². The molecule has 4 nitrogen and oxygen atoms in total. The van der Waals surface area contributed by atoms with E-state index in [1.54, 1.807) is 12.1 Å². The van der Waals surface area contributed by atoms with Crippen LogP contribution in [0.2, 0.25) is 5.28 Å². The third-order valence-corrected chi connectivity index (χ3v) is 2.81. The van der Waals surface area contributed by atoms with E-state index in [9.17, 15) is 4.39 Å². The predicted molar refractivity (Wildman–Crippen MR) is 74.6 cm³/mol. The van der Waals surface area contributed by atoms with Crippen LogP contribution in [0.5, 0.6) is 0 Å². The van der Waals surface area contributed by atoms with Crippen molar-refractivity contribution in [1.29, 1.82) is 0 Å². The zero-order valence-corrected chi connectivity index (χ0v) is 11.2. The zero-order chi connectivity index (χ0) is 13.8. The van der Waals surface area contributed by atoms with Crippen molar-refractivity contribution in [1.82, 2.24) is 9.97 Å². The molecule has 1 atom stereocenters. The van der Waals surface area contributed by atoms with Crippen molar-refractivity contribution in [3.05, 3.63) is 47.1 Å². The fourth-order valence-electron chi connectivity index (χ4n) is 1.74. The first-order chi connectivity index (χ1) is 9.04. The van der Waals surface area contributed by atoms with Crippen LogP contribution in [-0.2, 0) is 6.42 Å². The summed E-state index contributed by atoms with van der Waals surface area (Å²) in [6.45, 7) is 1.98. The van der Waals surface area contributed by atoms with Crippen molar-refractivity contribution in [2.24, 2.45) is 0 Å². The van der Waals surface area contributed by atoms with Crippen LogP contribution in [0.25, 0.3) is 0 Å². The Hall–Kier alpha value is -1.88. The monoisotopic (exact) mass is 280 g/mol. The van der Waals surface area contributed by atoms with Gasteiger partial charge in [0, 0.05) is 6.04 Å². The van der Waals surface area contributed by atoms with Crippen LogP contribution in [-0.4, -0.2) is 16.0 Å². The number of anilines is 2. The van der Waals surface area contributed by atoms with Crippen molar-refractivity contribution >= 4 is 23.1 Å². The zero-order valence-electron chi connectivity index (χ0n) is 10.4. The van der Waals surface area contributed by atoms with Gasteiger partial charge in [0.25, 0.3) is 0 Å². The lowest BCUT2D eigenvalue weighted by Gasteiger charge is -2.15. The Kier molecular flexibility index (Phi) is 4.16. The van der Waals surface area contributed by atoms with Gasteiger partial charge in [0.1, 0.15) is 5.82 Å². The lowest BCUT2D eigenvalue weighted by atomic mass is 10.1. The molecule has 0 radical (unpaired) electrons. The maximum Gasteiger partial charge on any atom is 0.224 e. The molecule has 100 valence electrons. The summed E-state index contributed by atoms with van der Waals surface area (Å²) in [5, 5.41) is 3.30. The molecular formula is C13H14ClFN4. The lowest BCUT2D eigenvalue weighted by molar-refractivity contribution is 0.626. The quantitative estimate of drug-likeness (QED) is 0.845. The summed E-state index contributed by atoms with van der Waals surface area (Å²) >= 11 is 5.72. The van der Waals surface area contributed by atoms with Gasteiger partial charge >= 0.3 is 0 Å². The van der Waals surface area contributed by atoms with Crippen molar-refractivity contribution in [3.63, 3.8) is 0 Å². The summed E-state index contributed by atoms with van der Waals surface area (Å²) in [6.07, 6.45) is 2.18. The third-order valence-electron chi connectivity index (χ3n) is 2.63. The summed E-state index contributed by atoms with van der Waals surface area (Å²) in [5.74, 6) is 0.269. The highest BCUT2D eigenvalue weighted by Crippen LogP contribution is 2.18. The summed E-state index contributed by atoms with van der Waals surface area (Å²) in [4.78, 5) is 7.81. The number of benzene rings is 1. The first-order valence-corrected chi connectivity index (χ1v) is 6.21. The number of halogens is 2. The standard InChI is InChI=1S/C13H14ClFN4/c1-8(6-9-2-4-10(15)5-3-9)18-12-11(16)7-17-13(14)19-12/h2-5,7-8H,6,16H2,1H3,(H,17,18,19). The Labute approximate surface area is 115 Å². The Bertz CT molecular complexity index is 559. The molecule has 6 heteroatoms. The number of nitrogens with zero attached hydrogens (tertiary/aromatic N) is 2. The molecular weight excluding hydrogens is 267 g/mol. The van der Waals surface area contributed by atoms with Gasteiger partial charge < -0.3 is 11.1 Å². The smallest absolute Gasteiger partial charge is 0.224 e. The third kappa shape index (κ3) is 3.79. The summed E-state index contributed by atoms with van der Waals surface area (Å²) in [5.41, 5.74) is 7.22. The highest BCUT2D eigenvalue weighted by atomic mass is 35.5. The number of aromatic nitrogens is 2.